The van der Waals surface area contributed by atoms with Crippen LogP contribution in [-0.2, 0) is 4.79 Å². The number of nitrogens with one attached hydrogen (secondary N) is 1. The van der Waals surface area contributed by atoms with Gasteiger partial charge in [0.1, 0.15) is 0 Å². The smallest absolute Gasteiger partial charge is 0.222 e. The molecule has 0 radical (unpaired) electrons. The number of aliphatic hydroxyl groups excluding tert-OH is 1. The van der Waals surface area contributed by atoms with Gasteiger partial charge in [-0.05, 0) is 44.9 Å². The van der Waals surface area contributed by atoms with Gasteiger partial charge in [-0.2, -0.15) is 0 Å². The van der Waals surface area contributed by atoms with Crippen molar-refractivity contribution in [3.8, 4) is 0 Å². The van der Waals surface area contributed by atoms with Crippen molar-refractivity contribution in [3.05, 3.63) is 0 Å². The normalized spacial score (nSPS) is 32.9. The number of hydrogen-bond acceptors (Lipinski definition) is 3. The van der Waals surface area contributed by atoms with E-state index in [0.29, 0.717) is 6.42 Å². The molecule has 16 heavy (non-hydrogen) atoms. The standard InChI is InChI=1S/C12H22N2O2/c13-12(6-1-7-12)8-11(16)14-9-2-4-10(15)5-3-9/h9-10,15H,1-8,13H2,(H,14,16). The molecule has 1 amide bonds. The number of carbonyl (C=O) groups excluding carboxylic acids is 1. The maximum Gasteiger partial charge on any atom is 0.222 e. The van der Waals surface area contributed by atoms with Crippen molar-refractivity contribution in [1.29, 1.82) is 0 Å². The summed E-state index contributed by atoms with van der Waals surface area (Å²) in [5.41, 5.74) is 5.81. The quantitative estimate of drug-likeness (QED) is 0.662. The van der Waals surface area contributed by atoms with Gasteiger partial charge in [0.05, 0.1) is 6.10 Å². The highest BCUT2D eigenvalue weighted by atomic mass is 16.3. The summed E-state index contributed by atoms with van der Waals surface area (Å²) in [5, 5.41) is 12.4. The second kappa shape index (κ2) is 4.72. The molecule has 0 aromatic rings. The van der Waals surface area contributed by atoms with Crippen molar-refractivity contribution in [2.24, 2.45) is 5.73 Å². The van der Waals surface area contributed by atoms with Crippen molar-refractivity contribution >= 4 is 5.91 Å². The monoisotopic (exact) mass is 226 g/mol. The van der Waals surface area contributed by atoms with Crippen molar-refractivity contribution in [2.75, 3.05) is 0 Å². The highest BCUT2D eigenvalue weighted by molar-refractivity contribution is 5.77. The lowest BCUT2D eigenvalue weighted by atomic mass is 9.75. The molecule has 0 bridgehead atoms. The fraction of sp³-hybridized carbons (Fsp3) is 0.917. The molecule has 2 saturated carbocycles. The van der Waals surface area contributed by atoms with Crippen molar-refractivity contribution in [3.63, 3.8) is 0 Å². The topological polar surface area (TPSA) is 75.4 Å². The van der Waals surface area contributed by atoms with E-state index in [0.717, 1.165) is 44.9 Å². The van der Waals surface area contributed by atoms with Crippen LogP contribution in [0.15, 0.2) is 0 Å². The minimum atomic E-state index is -0.224. The van der Waals surface area contributed by atoms with Gasteiger partial charge in [-0.1, -0.05) is 0 Å². The molecule has 2 aliphatic carbocycles. The maximum absolute atomic E-state index is 11.7. The van der Waals surface area contributed by atoms with E-state index >= 15 is 0 Å². The Morgan fingerprint density at radius 2 is 1.94 bits per heavy atom. The third-order valence-corrected chi connectivity index (χ3v) is 3.92. The lowest BCUT2D eigenvalue weighted by Gasteiger charge is -2.38. The molecule has 2 fully saturated rings. The summed E-state index contributed by atoms with van der Waals surface area (Å²) in [4.78, 5) is 11.7. The molecule has 4 N–H and O–H groups in total. The lowest BCUT2D eigenvalue weighted by Crippen LogP contribution is -2.51. The number of amides is 1. The maximum atomic E-state index is 11.7. The van der Waals surface area contributed by atoms with Crippen LogP contribution in [0.1, 0.15) is 51.4 Å². The van der Waals surface area contributed by atoms with E-state index in [9.17, 15) is 9.90 Å². The highest BCUT2D eigenvalue weighted by Gasteiger charge is 2.35. The summed E-state index contributed by atoms with van der Waals surface area (Å²) in [7, 11) is 0. The van der Waals surface area contributed by atoms with Crippen LogP contribution < -0.4 is 11.1 Å². The van der Waals surface area contributed by atoms with Crippen LogP contribution in [0.4, 0.5) is 0 Å². The van der Waals surface area contributed by atoms with Crippen LogP contribution in [0.2, 0.25) is 0 Å². The van der Waals surface area contributed by atoms with E-state index in [1.807, 2.05) is 0 Å². The van der Waals surface area contributed by atoms with Gasteiger partial charge >= 0.3 is 0 Å². The molecule has 0 aromatic heterocycles. The van der Waals surface area contributed by atoms with Gasteiger partial charge in [-0.3, -0.25) is 4.79 Å². The van der Waals surface area contributed by atoms with Crippen LogP contribution in [0.3, 0.4) is 0 Å². The Morgan fingerprint density at radius 3 is 2.44 bits per heavy atom. The van der Waals surface area contributed by atoms with E-state index in [4.69, 9.17) is 5.73 Å². The molecule has 4 nitrogen and oxygen atoms in total. The zero-order valence-corrected chi connectivity index (χ0v) is 9.74. The molecule has 0 unspecified atom stereocenters. The average Bonchev–Trinajstić information content (AvgIpc) is 2.19. The summed E-state index contributed by atoms with van der Waals surface area (Å²) in [5.74, 6) is 0.0867. The van der Waals surface area contributed by atoms with Crippen LogP contribution in [0.25, 0.3) is 0 Å². The second-order valence-corrected chi connectivity index (χ2v) is 5.47. The SMILES string of the molecule is NC1(CC(=O)NC2CCC(O)CC2)CCC1. The van der Waals surface area contributed by atoms with Gasteiger partial charge in [-0.15, -0.1) is 0 Å². The largest absolute Gasteiger partial charge is 0.393 e. The Kier molecular flexibility index (Phi) is 3.50. The van der Waals surface area contributed by atoms with E-state index in [1.165, 1.54) is 0 Å². The molecule has 2 aliphatic rings. The van der Waals surface area contributed by atoms with E-state index < -0.39 is 0 Å². The van der Waals surface area contributed by atoms with Gasteiger partial charge in [0.25, 0.3) is 0 Å². The Labute approximate surface area is 96.6 Å². The first-order valence-electron chi connectivity index (χ1n) is 6.34. The predicted octanol–water partition coefficient (Wildman–Crippen LogP) is 0.678. The number of nitrogens with two attached hydrogens (primary N) is 1. The average molecular weight is 226 g/mol. The molecule has 0 aliphatic heterocycles. The minimum Gasteiger partial charge on any atom is -0.393 e. The first kappa shape index (κ1) is 11.9. The molecular formula is C12H22N2O2. The van der Waals surface area contributed by atoms with Crippen LogP contribution in [0, 0.1) is 0 Å². The number of hydrogen-bond donors (Lipinski definition) is 3. The molecule has 2 rings (SSSR count). The molecule has 0 saturated heterocycles. The van der Waals surface area contributed by atoms with E-state index in [-0.39, 0.29) is 23.6 Å². The van der Waals surface area contributed by atoms with Gasteiger partial charge in [0.15, 0.2) is 0 Å². The van der Waals surface area contributed by atoms with Crippen molar-refractivity contribution in [1.82, 2.24) is 5.32 Å². The zero-order chi connectivity index (χ0) is 11.6. The van der Waals surface area contributed by atoms with Gasteiger partial charge in [0, 0.05) is 18.0 Å². The van der Waals surface area contributed by atoms with Gasteiger partial charge in [-0.25, -0.2) is 0 Å². The third-order valence-electron chi connectivity index (χ3n) is 3.92. The highest BCUT2D eigenvalue weighted by Crippen LogP contribution is 2.32. The Balaban J connectivity index is 1.70. The lowest BCUT2D eigenvalue weighted by molar-refractivity contribution is -0.124. The van der Waals surface area contributed by atoms with Gasteiger partial charge < -0.3 is 16.2 Å². The molecule has 0 heterocycles. The molecular weight excluding hydrogens is 204 g/mol. The fourth-order valence-corrected chi connectivity index (χ4v) is 2.63. The summed E-state index contributed by atoms with van der Waals surface area (Å²) >= 11 is 0. The summed E-state index contributed by atoms with van der Waals surface area (Å²) < 4.78 is 0. The van der Waals surface area contributed by atoms with Crippen LogP contribution in [-0.4, -0.2) is 28.7 Å². The Hall–Kier alpha value is -0.610. The van der Waals surface area contributed by atoms with E-state index in [1.54, 1.807) is 0 Å². The Morgan fingerprint density at radius 1 is 1.31 bits per heavy atom. The molecule has 0 spiro atoms. The fourth-order valence-electron chi connectivity index (χ4n) is 2.63. The van der Waals surface area contributed by atoms with Crippen LogP contribution in [0.5, 0.6) is 0 Å². The second-order valence-electron chi connectivity index (χ2n) is 5.47. The first-order chi connectivity index (χ1) is 7.57. The number of rotatable bonds is 3. The summed E-state index contributed by atoms with van der Waals surface area (Å²) in [6, 6.07) is 0.250. The summed E-state index contributed by atoms with van der Waals surface area (Å²) in [6.07, 6.45) is 6.80. The number of aliphatic hydroxyl groups is 1. The van der Waals surface area contributed by atoms with Crippen molar-refractivity contribution in [2.45, 2.75) is 69.1 Å². The zero-order valence-electron chi connectivity index (χ0n) is 9.74. The molecule has 0 aromatic carbocycles. The molecule has 0 atom stereocenters. The number of carbonyl (C=O) groups is 1. The predicted molar refractivity (Wildman–Crippen MR) is 61.8 cm³/mol. The third kappa shape index (κ3) is 2.95. The Bertz CT molecular complexity index is 256. The summed E-state index contributed by atoms with van der Waals surface area (Å²) in [6.45, 7) is 0. The molecule has 92 valence electrons. The van der Waals surface area contributed by atoms with Gasteiger partial charge in [0.2, 0.25) is 5.91 Å². The first-order valence-corrected chi connectivity index (χ1v) is 6.34. The van der Waals surface area contributed by atoms with E-state index in [2.05, 4.69) is 5.32 Å². The minimum absolute atomic E-state index is 0.0867. The van der Waals surface area contributed by atoms with Crippen LogP contribution >= 0.6 is 0 Å². The molecule has 4 heteroatoms. The van der Waals surface area contributed by atoms with Crippen molar-refractivity contribution < 1.29 is 9.90 Å².